The van der Waals surface area contributed by atoms with Crippen molar-refractivity contribution in [1.29, 1.82) is 0 Å². The summed E-state index contributed by atoms with van der Waals surface area (Å²) < 4.78 is 60.0. The molecule has 50 heavy (non-hydrogen) atoms. The van der Waals surface area contributed by atoms with E-state index < -0.39 is 60.5 Å². The van der Waals surface area contributed by atoms with Gasteiger partial charge >= 0.3 is 18.4 Å². The molecular weight excluding hydrogens is 704 g/mol. The molecule has 0 spiro atoms. The van der Waals surface area contributed by atoms with Gasteiger partial charge in [-0.15, -0.1) is 0 Å². The first kappa shape index (κ1) is 41.3. The molecule has 10 nitrogen and oxygen atoms in total. The molecule has 2 fully saturated rings. The highest BCUT2D eigenvalue weighted by atomic mass is 35.5. The molecule has 15 heteroatoms. The number of halogens is 5. The van der Waals surface area contributed by atoms with E-state index in [-0.39, 0.29) is 19.2 Å². The number of ether oxygens (including phenoxy) is 4. The summed E-state index contributed by atoms with van der Waals surface area (Å²) in [6.07, 6.45) is -9.19. The van der Waals surface area contributed by atoms with Crippen LogP contribution in [0.3, 0.4) is 0 Å². The third kappa shape index (κ3) is 13.2. The Hall–Kier alpha value is -3.10. The van der Waals surface area contributed by atoms with Crippen LogP contribution in [-0.4, -0.2) is 107 Å². The summed E-state index contributed by atoms with van der Waals surface area (Å²) >= 11 is 11.8. The Morgan fingerprint density at radius 1 is 0.800 bits per heavy atom. The number of aldehydes is 1. The van der Waals surface area contributed by atoms with Crippen LogP contribution in [0.25, 0.3) is 0 Å². The van der Waals surface area contributed by atoms with Gasteiger partial charge in [0.15, 0.2) is 12.4 Å². The SMILES string of the molecule is CC(C)(C)OC(=O)N1C[C@H](C(O)C(F)(F)F)OC[C@@H]1Cc1ccc(Cl)cc1.CC(C)(C)OC(=O)N1C[C@H](C=O)OC[C@@H]1Cc1ccc(Cl)cc1. The van der Waals surface area contributed by atoms with E-state index in [4.69, 9.17) is 42.1 Å². The molecule has 0 saturated carbocycles. The number of hydrogen-bond donors (Lipinski definition) is 1. The molecule has 5 atom stereocenters. The lowest BCUT2D eigenvalue weighted by Gasteiger charge is -2.41. The summed E-state index contributed by atoms with van der Waals surface area (Å²) in [7, 11) is 0. The van der Waals surface area contributed by atoms with Gasteiger partial charge in [0.25, 0.3) is 0 Å². The first-order valence-electron chi connectivity index (χ1n) is 16.1. The van der Waals surface area contributed by atoms with Gasteiger partial charge in [0.05, 0.1) is 38.4 Å². The van der Waals surface area contributed by atoms with Crippen molar-refractivity contribution >= 4 is 41.7 Å². The average molecular weight is 750 g/mol. The topological polar surface area (TPSA) is 115 Å². The lowest BCUT2D eigenvalue weighted by molar-refractivity contribution is -0.247. The number of rotatable bonds is 6. The maximum absolute atomic E-state index is 12.8. The fraction of sp³-hybridized carbons (Fsp3) is 0.571. The van der Waals surface area contributed by atoms with Crippen molar-refractivity contribution in [3.63, 3.8) is 0 Å². The second-order valence-corrected chi connectivity index (χ2v) is 15.0. The van der Waals surface area contributed by atoms with Crippen LogP contribution < -0.4 is 0 Å². The van der Waals surface area contributed by atoms with Gasteiger partial charge in [-0.1, -0.05) is 47.5 Å². The van der Waals surface area contributed by atoms with Crippen LogP contribution >= 0.6 is 23.2 Å². The second kappa shape index (κ2) is 17.4. The van der Waals surface area contributed by atoms with Gasteiger partial charge in [-0.25, -0.2) is 9.59 Å². The number of carbonyl (C=O) groups excluding carboxylic acids is 3. The molecular formula is C35H45Cl2F3N2O8. The van der Waals surface area contributed by atoms with Crippen molar-refractivity contribution in [1.82, 2.24) is 9.80 Å². The standard InChI is InChI=1S/C18H23ClF3NO4.C17H22ClNO4/c1-17(2,3)27-16(25)23-9-14(15(24)18(20,21)22)26-10-13(23)8-11-4-6-12(19)7-5-11;1-17(2,3)23-16(21)19-9-15(10-20)22-11-14(19)8-12-4-6-13(18)7-5-12/h4-7,13-15,24H,8-10H2,1-3H3;4-7,10,14-15H,8-9,11H2,1-3H3/t13-,14+,15?;14-,15+/m00/s1. The fourth-order valence-electron chi connectivity index (χ4n) is 5.14. The van der Waals surface area contributed by atoms with Gasteiger partial charge in [0.1, 0.15) is 23.4 Å². The van der Waals surface area contributed by atoms with Crippen molar-refractivity contribution < 1.29 is 51.6 Å². The minimum absolute atomic E-state index is 0.153. The molecule has 1 N–H and O–H groups in total. The van der Waals surface area contributed by atoms with Gasteiger partial charge < -0.3 is 28.8 Å². The molecule has 0 bridgehead atoms. The smallest absolute Gasteiger partial charge is 0.416 e. The Balaban J connectivity index is 0.000000274. The second-order valence-electron chi connectivity index (χ2n) is 14.1. The van der Waals surface area contributed by atoms with Crippen molar-refractivity contribution in [2.75, 3.05) is 26.3 Å². The normalized spacial score (nSPS) is 22.2. The number of hydrogen-bond acceptors (Lipinski definition) is 8. The molecule has 0 aliphatic carbocycles. The molecule has 2 aromatic carbocycles. The summed E-state index contributed by atoms with van der Waals surface area (Å²) in [5, 5.41) is 10.7. The first-order chi connectivity index (χ1) is 23.1. The third-order valence-corrected chi connectivity index (χ3v) is 8.01. The molecule has 2 aliphatic heterocycles. The van der Waals surface area contributed by atoms with Crippen LogP contribution in [0.2, 0.25) is 10.0 Å². The predicted octanol–water partition coefficient (Wildman–Crippen LogP) is 6.90. The summed E-state index contributed by atoms with van der Waals surface area (Å²) in [6, 6.07) is 13.7. The van der Waals surface area contributed by atoms with Crippen LogP contribution in [0, 0.1) is 0 Å². The van der Waals surface area contributed by atoms with Gasteiger partial charge in [0, 0.05) is 10.0 Å². The molecule has 0 radical (unpaired) electrons. The van der Waals surface area contributed by atoms with Crippen molar-refractivity contribution in [2.24, 2.45) is 0 Å². The molecule has 1 unspecified atom stereocenters. The van der Waals surface area contributed by atoms with E-state index >= 15 is 0 Å². The Kier molecular flexibility index (Phi) is 14.4. The number of carbonyl (C=O) groups is 3. The maximum atomic E-state index is 12.8. The third-order valence-electron chi connectivity index (χ3n) is 7.50. The highest BCUT2D eigenvalue weighted by Gasteiger charge is 2.48. The molecule has 278 valence electrons. The van der Waals surface area contributed by atoms with Crippen LogP contribution in [-0.2, 0) is 36.6 Å². The van der Waals surface area contributed by atoms with E-state index in [2.05, 4.69) is 0 Å². The van der Waals surface area contributed by atoms with Gasteiger partial charge in [-0.3, -0.25) is 9.80 Å². The maximum Gasteiger partial charge on any atom is 0.416 e. The van der Waals surface area contributed by atoms with Gasteiger partial charge in [-0.2, -0.15) is 13.2 Å². The zero-order valence-electron chi connectivity index (χ0n) is 28.9. The van der Waals surface area contributed by atoms with E-state index in [0.29, 0.717) is 29.5 Å². The lowest BCUT2D eigenvalue weighted by atomic mass is 10.0. The fourth-order valence-corrected chi connectivity index (χ4v) is 5.39. The van der Waals surface area contributed by atoms with Crippen LogP contribution in [0.4, 0.5) is 22.8 Å². The lowest BCUT2D eigenvalue weighted by Crippen LogP contribution is -2.59. The molecule has 2 saturated heterocycles. The monoisotopic (exact) mass is 748 g/mol. The molecule has 2 heterocycles. The van der Waals surface area contributed by atoms with E-state index in [9.17, 15) is 32.7 Å². The van der Waals surface area contributed by atoms with Crippen LogP contribution in [0.5, 0.6) is 0 Å². The Morgan fingerprint density at radius 3 is 1.58 bits per heavy atom. The van der Waals surface area contributed by atoms with Crippen LogP contribution in [0.15, 0.2) is 48.5 Å². The minimum Gasteiger partial charge on any atom is -0.444 e. The highest BCUT2D eigenvalue weighted by molar-refractivity contribution is 6.30. The molecule has 0 aromatic heterocycles. The van der Waals surface area contributed by atoms with E-state index in [0.717, 1.165) is 17.4 Å². The Morgan fingerprint density at radius 2 is 1.20 bits per heavy atom. The Bertz CT molecular complexity index is 1420. The van der Waals surface area contributed by atoms with Crippen LogP contribution in [0.1, 0.15) is 52.7 Å². The van der Waals surface area contributed by atoms with Crippen molar-refractivity contribution in [2.45, 2.75) is 102 Å². The highest BCUT2D eigenvalue weighted by Crippen LogP contribution is 2.29. The summed E-state index contributed by atoms with van der Waals surface area (Å²) in [5.74, 6) is 0. The largest absolute Gasteiger partial charge is 0.444 e. The molecule has 4 rings (SSSR count). The predicted molar refractivity (Wildman–Crippen MR) is 181 cm³/mol. The first-order valence-corrected chi connectivity index (χ1v) is 16.8. The minimum atomic E-state index is -4.84. The summed E-state index contributed by atoms with van der Waals surface area (Å²) in [4.78, 5) is 38.8. The molecule has 2 amide bonds. The zero-order chi connectivity index (χ0) is 37.4. The Labute approximate surface area is 300 Å². The van der Waals surface area contributed by atoms with E-state index in [1.165, 1.54) is 4.90 Å². The quantitative estimate of drug-likeness (QED) is 0.318. The van der Waals surface area contributed by atoms with E-state index in [1.807, 2.05) is 45.0 Å². The zero-order valence-corrected chi connectivity index (χ0v) is 30.4. The van der Waals surface area contributed by atoms with Crippen molar-refractivity contribution in [3.05, 3.63) is 69.7 Å². The summed E-state index contributed by atoms with van der Waals surface area (Å²) in [5.41, 5.74) is 0.493. The number of aliphatic hydroxyl groups is 1. The van der Waals surface area contributed by atoms with E-state index in [1.54, 1.807) is 49.9 Å². The number of aliphatic hydroxyl groups excluding tert-OH is 1. The van der Waals surface area contributed by atoms with Crippen molar-refractivity contribution in [3.8, 4) is 0 Å². The number of benzene rings is 2. The van der Waals surface area contributed by atoms with Gasteiger partial charge in [0.2, 0.25) is 0 Å². The average Bonchev–Trinajstić information content (AvgIpc) is 3.01. The molecule has 2 aliphatic rings. The van der Waals surface area contributed by atoms with Gasteiger partial charge in [-0.05, 0) is 89.8 Å². The number of morpholine rings is 2. The summed E-state index contributed by atoms with van der Waals surface area (Å²) in [6.45, 7) is 10.4. The number of amides is 2. The molecule has 2 aromatic rings. The number of nitrogens with zero attached hydrogens (tertiary/aromatic N) is 2. The number of alkyl halides is 3.